The topological polar surface area (TPSA) is 71.6 Å². The standard InChI is InChI=1S/C28H33N3O3S2/c1-4-6-18-34-22-16-14-20(15-17-22)29-27(32)26(5-2)36-23-11-9-10-21(19-23)30-28(35)31-24-12-7-8-13-25(24)33-3/h7-17,19,26H,4-6,18H2,1-3H3,(H,29,32)(H2,30,31,35). The van der Waals surface area contributed by atoms with Crippen molar-refractivity contribution in [2.75, 3.05) is 29.7 Å². The van der Waals surface area contributed by atoms with Crippen LogP contribution in [0.3, 0.4) is 0 Å². The number of methoxy groups -OCH3 is 1. The molecule has 0 radical (unpaired) electrons. The molecule has 6 nitrogen and oxygen atoms in total. The average Bonchev–Trinajstić information content (AvgIpc) is 2.89. The number of carbonyl (C=O) groups is 1. The Balaban J connectivity index is 1.56. The van der Waals surface area contributed by atoms with Gasteiger partial charge in [0.2, 0.25) is 5.91 Å². The molecule has 0 saturated carbocycles. The van der Waals surface area contributed by atoms with E-state index in [2.05, 4.69) is 22.9 Å². The summed E-state index contributed by atoms with van der Waals surface area (Å²) in [5.41, 5.74) is 2.37. The Morgan fingerprint density at radius 2 is 1.72 bits per heavy atom. The first-order valence-electron chi connectivity index (χ1n) is 12.0. The molecule has 0 bridgehead atoms. The van der Waals surface area contributed by atoms with Crippen LogP contribution < -0.4 is 25.4 Å². The van der Waals surface area contributed by atoms with Crippen molar-refractivity contribution in [3.63, 3.8) is 0 Å². The first kappa shape index (κ1) is 27.4. The third-order valence-corrected chi connectivity index (χ3v) is 6.84. The molecule has 8 heteroatoms. The molecule has 1 amide bonds. The van der Waals surface area contributed by atoms with Crippen molar-refractivity contribution >= 4 is 52.1 Å². The molecule has 0 aliphatic heterocycles. The summed E-state index contributed by atoms with van der Waals surface area (Å²) in [4.78, 5) is 13.9. The molecule has 3 aromatic carbocycles. The van der Waals surface area contributed by atoms with E-state index in [0.29, 0.717) is 23.9 Å². The number of nitrogens with one attached hydrogen (secondary N) is 3. The highest BCUT2D eigenvalue weighted by Crippen LogP contribution is 2.29. The van der Waals surface area contributed by atoms with Crippen molar-refractivity contribution in [3.8, 4) is 11.5 Å². The number of hydrogen-bond donors (Lipinski definition) is 3. The number of hydrogen-bond acceptors (Lipinski definition) is 5. The molecule has 3 rings (SSSR count). The first-order valence-corrected chi connectivity index (χ1v) is 13.3. The van der Waals surface area contributed by atoms with Crippen molar-refractivity contribution in [3.05, 3.63) is 72.8 Å². The van der Waals surface area contributed by atoms with Crippen LogP contribution in [-0.2, 0) is 4.79 Å². The van der Waals surface area contributed by atoms with Gasteiger partial charge < -0.3 is 25.4 Å². The molecule has 190 valence electrons. The van der Waals surface area contributed by atoms with Crippen LogP contribution in [0.4, 0.5) is 17.1 Å². The van der Waals surface area contributed by atoms with Gasteiger partial charge in [0, 0.05) is 16.3 Å². The molecule has 0 aliphatic carbocycles. The quantitative estimate of drug-likeness (QED) is 0.132. The Morgan fingerprint density at radius 1 is 0.944 bits per heavy atom. The van der Waals surface area contributed by atoms with Crippen molar-refractivity contribution in [1.29, 1.82) is 0 Å². The predicted molar refractivity (Wildman–Crippen MR) is 155 cm³/mol. The fraction of sp³-hybridized carbons (Fsp3) is 0.286. The smallest absolute Gasteiger partial charge is 0.237 e. The summed E-state index contributed by atoms with van der Waals surface area (Å²) in [7, 11) is 1.62. The summed E-state index contributed by atoms with van der Waals surface area (Å²) in [6.45, 7) is 4.84. The molecule has 0 spiro atoms. The Bertz CT molecular complexity index is 1140. The van der Waals surface area contributed by atoms with Gasteiger partial charge in [0.15, 0.2) is 5.11 Å². The SMILES string of the molecule is CCCCOc1ccc(NC(=O)C(CC)Sc2cccc(NC(=S)Nc3ccccc3OC)c2)cc1. The first-order chi connectivity index (χ1) is 17.5. The lowest BCUT2D eigenvalue weighted by molar-refractivity contribution is -0.115. The second-order valence-corrected chi connectivity index (χ2v) is 9.72. The van der Waals surface area contributed by atoms with Gasteiger partial charge in [-0.2, -0.15) is 0 Å². The van der Waals surface area contributed by atoms with Gasteiger partial charge in [0.1, 0.15) is 11.5 Å². The fourth-order valence-corrected chi connectivity index (χ4v) is 4.60. The number of unbranched alkanes of at least 4 members (excludes halogenated alkanes) is 1. The number of thiocarbonyl (C=S) groups is 1. The monoisotopic (exact) mass is 523 g/mol. The van der Waals surface area contributed by atoms with E-state index >= 15 is 0 Å². The Kier molecular flexibility index (Phi) is 10.9. The second kappa shape index (κ2) is 14.4. The third kappa shape index (κ3) is 8.46. The highest BCUT2D eigenvalue weighted by Gasteiger charge is 2.18. The van der Waals surface area contributed by atoms with Crippen LogP contribution in [0.5, 0.6) is 11.5 Å². The highest BCUT2D eigenvalue weighted by molar-refractivity contribution is 8.00. The lowest BCUT2D eigenvalue weighted by Gasteiger charge is -2.16. The van der Waals surface area contributed by atoms with Gasteiger partial charge in [-0.25, -0.2) is 0 Å². The van der Waals surface area contributed by atoms with E-state index in [4.69, 9.17) is 21.7 Å². The number of anilines is 3. The van der Waals surface area contributed by atoms with E-state index in [9.17, 15) is 4.79 Å². The summed E-state index contributed by atoms with van der Waals surface area (Å²) < 4.78 is 11.1. The molecular formula is C28H33N3O3S2. The minimum Gasteiger partial charge on any atom is -0.495 e. The van der Waals surface area contributed by atoms with Gasteiger partial charge in [-0.1, -0.05) is 38.5 Å². The van der Waals surface area contributed by atoms with Gasteiger partial charge in [0.05, 0.1) is 24.7 Å². The molecule has 36 heavy (non-hydrogen) atoms. The molecule has 0 saturated heterocycles. The van der Waals surface area contributed by atoms with Gasteiger partial charge in [-0.3, -0.25) is 4.79 Å². The van der Waals surface area contributed by atoms with Gasteiger partial charge in [-0.05, 0) is 79.7 Å². The van der Waals surface area contributed by atoms with Crippen LogP contribution in [-0.4, -0.2) is 30.0 Å². The van der Waals surface area contributed by atoms with E-state index in [1.807, 2.05) is 79.7 Å². The number of ether oxygens (including phenoxy) is 2. The Hall–Kier alpha value is -3.23. The second-order valence-electron chi connectivity index (χ2n) is 8.04. The number of para-hydroxylation sites is 2. The van der Waals surface area contributed by atoms with Crippen LogP contribution in [0.15, 0.2) is 77.7 Å². The van der Waals surface area contributed by atoms with E-state index in [0.717, 1.165) is 40.5 Å². The number of benzene rings is 3. The zero-order valence-corrected chi connectivity index (χ0v) is 22.5. The molecule has 0 heterocycles. The minimum absolute atomic E-state index is 0.0335. The highest BCUT2D eigenvalue weighted by atomic mass is 32.2. The number of amides is 1. The van der Waals surface area contributed by atoms with Crippen LogP contribution in [0.25, 0.3) is 0 Å². The Labute approximate surface area is 223 Å². The molecule has 3 N–H and O–H groups in total. The predicted octanol–water partition coefficient (Wildman–Crippen LogP) is 7.19. The van der Waals surface area contributed by atoms with E-state index in [1.165, 1.54) is 11.8 Å². The van der Waals surface area contributed by atoms with Crippen molar-refractivity contribution in [1.82, 2.24) is 0 Å². The number of thioether (sulfide) groups is 1. The molecule has 3 aromatic rings. The maximum absolute atomic E-state index is 12.9. The van der Waals surface area contributed by atoms with Crippen molar-refractivity contribution in [2.24, 2.45) is 0 Å². The minimum atomic E-state index is -0.237. The molecule has 0 fully saturated rings. The van der Waals surface area contributed by atoms with E-state index in [-0.39, 0.29) is 11.2 Å². The lowest BCUT2D eigenvalue weighted by Crippen LogP contribution is -2.24. The number of rotatable bonds is 12. The zero-order chi connectivity index (χ0) is 25.8. The van der Waals surface area contributed by atoms with Crippen LogP contribution in [0.2, 0.25) is 0 Å². The van der Waals surface area contributed by atoms with E-state index < -0.39 is 0 Å². The van der Waals surface area contributed by atoms with Gasteiger partial charge in [0.25, 0.3) is 0 Å². The van der Waals surface area contributed by atoms with Crippen LogP contribution in [0.1, 0.15) is 33.1 Å². The summed E-state index contributed by atoms with van der Waals surface area (Å²) in [5, 5.41) is 9.60. The average molecular weight is 524 g/mol. The van der Waals surface area contributed by atoms with Crippen LogP contribution >= 0.6 is 24.0 Å². The summed E-state index contributed by atoms with van der Waals surface area (Å²) >= 11 is 7.00. The third-order valence-electron chi connectivity index (χ3n) is 5.28. The van der Waals surface area contributed by atoms with Gasteiger partial charge >= 0.3 is 0 Å². The molecular weight excluding hydrogens is 490 g/mol. The molecule has 1 unspecified atom stereocenters. The fourth-order valence-electron chi connectivity index (χ4n) is 3.36. The maximum Gasteiger partial charge on any atom is 0.237 e. The molecule has 0 aromatic heterocycles. The van der Waals surface area contributed by atoms with Crippen molar-refractivity contribution in [2.45, 2.75) is 43.3 Å². The normalized spacial score (nSPS) is 11.3. The number of carbonyl (C=O) groups excluding carboxylic acids is 1. The lowest BCUT2D eigenvalue weighted by atomic mass is 10.2. The van der Waals surface area contributed by atoms with Crippen molar-refractivity contribution < 1.29 is 14.3 Å². The van der Waals surface area contributed by atoms with Gasteiger partial charge in [-0.15, -0.1) is 11.8 Å². The summed E-state index contributed by atoms with van der Waals surface area (Å²) in [5.74, 6) is 1.49. The zero-order valence-electron chi connectivity index (χ0n) is 20.9. The van der Waals surface area contributed by atoms with Crippen LogP contribution in [0, 0.1) is 0 Å². The summed E-state index contributed by atoms with van der Waals surface area (Å²) in [6.07, 6.45) is 2.81. The van der Waals surface area contributed by atoms with E-state index in [1.54, 1.807) is 7.11 Å². The molecule has 1 atom stereocenters. The molecule has 0 aliphatic rings. The maximum atomic E-state index is 12.9. The largest absolute Gasteiger partial charge is 0.495 e. The Morgan fingerprint density at radius 3 is 2.44 bits per heavy atom. The summed E-state index contributed by atoms with van der Waals surface area (Å²) in [6, 6.07) is 23.0.